The molecule has 0 radical (unpaired) electrons. The summed E-state index contributed by atoms with van der Waals surface area (Å²) in [5.74, 6) is 0.0868. The lowest BCUT2D eigenvalue weighted by Crippen LogP contribution is -1.98. The van der Waals surface area contributed by atoms with Crippen molar-refractivity contribution in [1.82, 2.24) is 0 Å². The van der Waals surface area contributed by atoms with E-state index in [-0.39, 0.29) is 5.75 Å². The molecule has 12 heavy (non-hydrogen) atoms. The van der Waals surface area contributed by atoms with E-state index in [9.17, 15) is 9.00 Å². The smallest absolute Gasteiger partial charge is 0.132 e. The molecule has 0 saturated heterocycles. The molecule has 1 rings (SSSR count). The fraction of sp³-hybridized carbons (Fsp3) is 0.222. The first-order valence-corrected chi connectivity index (χ1v) is 4.94. The lowest BCUT2D eigenvalue weighted by Gasteiger charge is -1.98. The van der Waals surface area contributed by atoms with Crippen molar-refractivity contribution in [3.8, 4) is 0 Å². The Balaban J connectivity index is 2.87. The van der Waals surface area contributed by atoms with Crippen LogP contribution in [0.15, 0.2) is 29.2 Å². The van der Waals surface area contributed by atoms with Crippen LogP contribution >= 0.6 is 0 Å². The van der Waals surface area contributed by atoms with Crippen LogP contribution in [-0.4, -0.2) is 16.2 Å². The minimum atomic E-state index is -1.16. The van der Waals surface area contributed by atoms with Gasteiger partial charge < -0.3 is 4.79 Å². The molecule has 0 aliphatic heterocycles. The van der Waals surface area contributed by atoms with Crippen LogP contribution in [0.5, 0.6) is 0 Å². The van der Waals surface area contributed by atoms with Gasteiger partial charge in [-0.1, -0.05) is 12.1 Å². The normalized spacial score (nSPS) is 12.4. The van der Waals surface area contributed by atoms with Crippen molar-refractivity contribution in [2.24, 2.45) is 0 Å². The summed E-state index contributed by atoms with van der Waals surface area (Å²) in [5, 5.41) is 0. The first kappa shape index (κ1) is 9.13. The number of aryl methyl sites for hydroxylation is 1. The minimum absolute atomic E-state index is 0.0868. The van der Waals surface area contributed by atoms with Crippen molar-refractivity contribution in [2.45, 2.75) is 11.8 Å². The van der Waals surface area contributed by atoms with Crippen molar-refractivity contribution in [3.63, 3.8) is 0 Å². The maximum atomic E-state index is 11.3. The van der Waals surface area contributed by atoms with Crippen LogP contribution < -0.4 is 0 Å². The Hall–Kier alpha value is -0.960. The highest BCUT2D eigenvalue weighted by atomic mass is 32.2. The molecule has 0 N–H and O–H groups in total. The minimum Gasteiger partial charge on any atom is -0.302 e. The van der Waals surface area contributed by atoms with Crippen LogP contribution in [0, 0.1) is 6.92 Å². The molecule has 0 heterocycles. The fourth-order valence-electron chi connectivity index (χ4n) is 0.915. The zero-order valence-corrected chi connectivity index (χ0v) is 7.64. The Kier molecular flexibility index (Phi) is 3.17. The highest BCUT2D eigenvalue weighted by molar-refractivity contribution is 7.85. The van der Waals surface area contributed by atoms with Gasteiger partial charge >= 0.3 is 0 Å². The predicted molar refractivity (Wildman–Crippen MR) is 48.5 cm³/mol. The molecule has 0 amide bonds. The standard InChI is InChI=1S/C9H10O2S/c1-8-3-2-4-9(7-8)12(11)6-5-10/h2-5,7H,6H2,1H3. The van der Waals surface area contributed by atoms with Crippen molar-refractivity contribution in [2.75, 3.05) is 5.75 Å². The average molecular weight is 182 g/mol. The number of rotatable bonds is 3. The lowest BCUT2D eigenvalue weighted by atomic mass is 10.2. The van der Waals surface area contributed by atoms with Crippen LogP contribution in [0.1, 0.15) is 5.56 Å². The Bertz CT molecular complexity index is 307. The van der Waals surface area contributed by atoms with Crippen molar-refractivity contribution in [3.05, 3.63) is 29.8 Å². The maximum Gasteiger partial charge on any atom is 0.132 e. The zero-order valence-electron chi connectivity index (χ0n) is 6.82. The summed E-state index contributed by atoms with van der Waals surface area (Å²) in [5.41, 5.74) is 1.06. The molecule has 1 aromatic rings. The summed E-state index contributed by atoms with van der Waals surface area (Å²) < 4.78 is 11.3. The number of aldehydes is 1. The van der Waals surface area contributed by atoms with E-state index < -0.39 is 10.8 Å². The summed E-state index contributed by atoms with van der Waals surface area (Å²) in [6, 6.07) is 7.38. The zero-order chi connectivity index (χ0) is 8.97. The van der Waals surface area contributed by atoms with E-state index in [0.29, 0.717) is 6.29 Å². The molecule has 0 aliphatic carbocycles. The number of hydrogen-bond donors (Lipinski definition) is 0. The molecule has 3 heteroatoms. The van der Waals surface area contributed by atoms with Gasteiger partial charge in [0.15, 0.2) is 0 Å². The summed E-state index contributed by atoms with van der Waals surface area (Å²) in [7, 11) is -1.16. The van der Waals surface area contributed by atoms with E-state index in [2.05, 4.69) is 0 Å². The van der Waals surface area contributed by atoms with Gasteiger partial charge in [-0.3, -0.25) is 4.21 Å². The number of carbonyl (C=O) groups excluding carboxylic acids is 1. The van der Waals surface area contributed by atoms with Crippen LogP contribution in [0.3, 0.4) is 0 Å². The molecule has 0 bridgehead atoms. The molecule has 0 saturated carbocycles. The second kappa shape index (κ2) is 4.16. The van der Waals surface area contributed by atoms with Gasteiger partial charge in [0, 0.05) is 4.90 Å². The third-order valence-electron chi connectivity index (χ3n) is 1.47. The second-order valence-electron chi connectivity index (χ2n) is 2.50. The SMILES string of the molecule is Cc1cccc(S(=O)CC=O)c1. The fourth-order valence-corrected chi connectivity index (χ4v) is 1.78. The third kappa shape index (κ3) is 2.27. The van der Waals surface area contributed by atoms with Crippen molar-refractivity contribution >= 4 is 17.1 Å². The Morgan fingerprint density at radius 3 is 2.83 bits per heavy atom. The predicted octanol–water partition coefficient (Wildman–Crippen LogP) is 1.30. The second-order valence-corrected chi connectivity index (χ2v) is 3.99. The number of carbonyl (C=O) groups is 1. The van der Waals surface area contributed by atoms with Gasteiger partial charge in [-0.15, -0.1) is 0 Å². The largest absolute Gasteiger partial charge is 0.302 e. The van der Waals surface area contributed by atoms with Gasteiger partial charge in [-0.05, 0) is 24.6 Å². The van der Waals surface area contributed by atoms with Gasteiger partial charge in [-0.25, -0.2) is 0 Å². The van der Waals surface area contributed by atoms with Crippen LogP contribution in [0.2, 0.25) is 0 Å². The summed E-state index contributed by atoms with van der Waals surface area (Å²) in [6.45, 7) is 1.93. The van der Waals surface area contributed by atoms with Gasteiger partial charge in [0.1, 0.15) is 6.29 Å². The van der Waals surface area contributed by atoms with E-state index in [4.69, 9.17) is 0 Å². The first-order chi connectivity index (χ1) is 5.74. The molecule has 1 atom stereocenters. The number of benzene rings is 1. The van der Waals surface area contributed by atoms with E-state index in [1.807, 2.05) is 25.1 Å². The van der Waals surface area contributed by atoms with Crippen LogP contribution in [-0.2, 0) is 15.6 Å². The van der Waals surface area contributed by atoms with E-state index in [1.54, 1.807) is 6.07 Å². The van der Waals surface area contributed by atoms with Crippen LogP contribution in [0.25, 0.3) is 0 Å². The molecule has 0 spiro atoms. The molecule has 1 unspecified atom stereocenters. The number of hydrogen-bond acceptors (Lipinski definition) is 2. The van der Waals surface area contributed by atoms with Gasteiger partial charge in [0.2, 0.25) is 0 Å². The quantitative estimate of drug-likeness (QED) is 0.660. The topological polar surface area (TPSA) is 34.1 Å². The molecule has 0 fully saturated rings. The molecule has 64 valence electrons. The Morgan fingerprint density at radius 1 is 1.50 bits per heavy atom. The van der Waals surface area contributed by atoms with E-state index in [1.165, 1.54) is 0 Å². The van der Waals surface area contributed by atoms with Gasteiger partial charge in [-0.2, -0.15) is 0 Å². The monoisotopic (exact) mass is 182 g/mol. The third-order valence-corrected chi connectivity index (χ3v) is 2.69. The van der Waals surface area contributed by atoms with Gasteiger partial charge in [0.25, 0.3) is 0 Å². The molecule has 0 aromatic heterocycles. The molecule has 0 aliphatic rings. The summed E-state index contributed by atoms with van der Waals surface area (Å²) >= 11 is 0. The summed E-state index contributed by atoms with van der Waals surface area (Å²) in [4.78, 5) is 10.8. The molecule has 2 nitrogen and oxygen atoms in total. The summed E-state index contributed by atoms with van der Waals surface area (Å²) in [6.07, 6.45) is 0.679. The molecular formula is C9H10O2S. The highest BCUT2D eigenvalue weighted by Crippen LogP contribution is 2.08. The van der Waals surface area contributed by atoms with E-state index >= 15 is 0 Å². The molecule has 1 aromatic carbocycles. The lowest BCUT2D eigenvalue weighted by molar-refractivity contribution is -0.105. The Labute approximate surface area is 74.1 Å². The van der Waals surface area contributed by atoms with E-state index in [0.717, 1.165) is 10.5 Å². The highest BCUT2D eigenvalue weighted by Gasteiger charge is 2.01. The Morgan fingerprint density at radius 2 is 2.25 bits per heavy atom. The van der Waals surface area contributed by atoms with Gasteiger partial charge in [0.05, 0.1) is 16.6 Å². The van der Waals surface area contributed by atoms with Crippen molar-refractivity contribution in [1.29, 1.82) is 0 Å². The molecular weight excluding hydrogens is 172 g/mol. The van der Waals surface area contributed by atoms with Crippen molar-refractivity contribution < 1.29 is 9.00 Å². The first-order valence-electron chi connectivity index (χ1n) is 3.62. The average Bonchev–Trinajstić information content (AvgIpc) is 2.05. The van der Waals surface area contributed by atoms with Crippen LogP contribution in [0.4, 0.5) is 0 Å². The maximum absolute atomic E-state index is 11.3.